The molecule has 0 aliphatic carbocycles. The van der Waals surface area contributed by atoms with E-state index in [1.54, 1.807) is 11.0 Å². The Labute approximate surface area is 115 Å². The summed E-state index contributed by atoms with van der Waals surface area (Å²) in [6.07, 6.45) is 0. The number of carbonyl (C=O) groups is 1. The van der Waals surface area contributed by atoms with Crippen molar-refractivity contribution in [2.24, 2.45) is 0 Å². The van der Waals surface area contributed by atoms with Crippen molar-refractivity contribution in [1.82, 2.24) is 10.2 Å². The minimum atomic E-state index is -0.288. The summed E-state index contributed by atoms with van der Waals surface area (Å²) in [7, 11) is 0. The zero-order valence-electron chi connectivity index (χ0n) is 10.7. The van der Waals surface area contributed by atoms with Crippen LogP contribution < -0.4 is 5.32 Å². The molecule has 0 atom stereocenters. The third-order valence-corrected chi connectivity index (χ3v) is 3.35. The summed E-state index contributed by atoms with van der Waals surface area (Å²) in [5.41, 5.74) is 0.822. The Morgan fingerprint density at radius 1 is 1.39 bits per heavy atom. The summed E-state index contributed by atoms with van der Waals surface area (Å²) >= 11 is 3.10. The van der Waals surface area contributed by atoms with E-state index in [0.29, 0.717) is 24.1 Å². The second kappa shape index (κ2) is 7.48. The first kappa shape index (κ1) is 15.1. The molecule has 0 radical (unpaired) electrons. The van der Waals surface area contributed by atoms with Gasteiger partial charge in [0.25, 0.3) is 0 Å². The van der Waals surface area contributed by atoms with Gasteiger partial charge in [-0.3, -0.25) is 4.79 Å². The normalized spacial score (nSPS) is 10.4. The molecule has 1 amide bonds. The molecule has 5 heteroatoms. The van der Waals surface area contributed by atoms with Crippen molar-refractivity contribution in [3.8, 4) is 0 Å². The average molecular weight is 317 g/mol. The van der Waals surface area contributed by atoms with Crippen LogP contribution in [0.3, 0.4) is 0 Å². The molecule has 0 spiro atoms. The number of hydrogen-bond donors (Lipinski definition) is 1. The van der Waals surface area contributed by atoms with Crippen LogP contribution in [-0.2, 0) is 11.3 Å². The average Bonchev–Trinajstić information content (AvgIpc) is 2.35. The van der Waals surface area contributed by atoms with E-state index in [-0.39, 0.29) is 18.3 Å². The van der Waals surface area contributed by atoms with Crippen LogP contribution in [0.1, 0.15) is 19.4 Å². The second-order valence-corrected chi connectivity index (χ2v) is 4.77. The monoisotopic (exact) mass is 316 g/mol. The summed E-state index contributed by atoms with van der Waals surface area (Å²) in [6, 6.07) is 4.94. The molecular weight excluding hydrogens is 299 g/mol. The molecule has 0 bridgehead atoms. The fourth-order valence-electron chi connectivity index (χ4n) is 1.65. The van der Waals surface area contributed by atoms with Crippen LogP contribution in [0.25, 0.3) is 0 Å². The van der Waals surface area contributed by atoms with E-state index in [9.17, 15) is 9.18 Å². The predicted molar refractivity (Wildman–Crippen MR) is 73.7 cm³/mol. The zero-order chi connectivity index (χ0) is 13.5. The maximum absolute atomic E-state index is 13.3. The van der Waals surface area contributed by atoms with Crippen molar-refractivity contribution >= 4 is 21.8 Å². The lowest BCUT2D eigenvalue weighted by atomic mass is 10.2. The lowest BCUT2D eigenvalue weighted by molar-refractivity contribution is -0.129. The van der Waals surface area contributed by atoms with Crippen molar-refractivity contribution in [2.75, 3.05) is 19.6 Å². The molecule has 1 aromatic carbocycles. The predicted octanol–water partition coefficient (Wildman–Crippen LogP) is 2.55. The third-order valence-electron chi connectivity index (χ3n) is 2.71. The Bertz CT molecular complexity index is 408. The number of halogens is 2. The fourth-order valence-corrected chi connectivity index (χ4v) is 1.90. The molecule has 0 fully saturated rings. The van der Waals surface area contributed by atoms with Gasteiger partial charge in [0.05, 0.1) is 11.0 Å². The van der Waals surface area contributed by atoms with Crippen molar-refractivity contribution < 1.29 is 9.18 Å². The van der Waals surface area contributed by atoms with E-state index in [1.807, 2.05) is 19.9 Å². The Morgan fingerprint density at radius 3 is 2.61 bits per heavy atom. The molecule has 1 aromatic rings. The van der Waals surface area contributed by atoms with Crippen LogP contribution in [0.2, 0.25) is 0 Å². The fraction of sp³-hybridized carbons (Fsp3) is 0.462. The molecule has 0 saturated carbocycles. The number of amides is 1. The van der Waals surface area contributed by atoms with Crippen LogP contribution in [0, 0.1) is 5.82 Å². The lowest BCUT2D eigenvalue weighted by Crippen LogP contribution is -2.37. The SMILES string of the molecule is CCN(CC)C(=O)CNCc1ccc(Br)c(F)c1. The van der Waals surface area contributed by atoms with Gasteiger partial charge in [0.15, 0.2) is 0 Å². The van der Waals surface area contributed by atoms with Gasteiger partial charge in [-0.05, 0) is 47.5 Å². The molecule has 1 rings (SSSR count). The number of nitrogens with one attached hydrogen (secondary N) is 1. The number of carbonyl (C=O) groups excluding carboxylic acids is 1. The van der Waals surface area contributed by atoms with Crippen LogP contribution in [-0.4, -0.2) is 30.4 Å². The van der Waals surface area contributed by atoms with Gasteiger partial charge in [-0.15, -0.1) is 0 Å². The van der Waals surface area contributed by atoms with Crippen LogP contribution >= 0.6 is 15.9 Å². The molecule has 100 valence electrons. The minimum absolute atomic E-state index is 0.0672. The first-order chi connectivity index (χ1) is 8.58. The highest BCUT2D eigenvalue weighted by Gasteiger charge is 2.08. The molecule has 1 N–H and O–H groups in total. The van der Waals surface area contributed by atoms with E-state index >= 15 is 0 Å². The first-order valence-electron chi connectivity index (χ1n) is 6.00. The summed E-state index contributed by atoms with van der Waals surface area (Å²) in [4.78, 5) is 13.5. The van der Waals surface area contributed by atoms with Crippen molar-refractivity contribution in [3.63, 3.8) is 0 Å². The lowest BCUT2D eigenvalue weighted by Gasteiger charge is -2.18. The maximum atomic E-state index is 13.3. The van der Waals surface area contributed by atoms with Crippen molar-refractivity contribution in [1.29, 1.82) is 0 Å². The van der Waals surface area contributed by atoms with Gasteiger partial charge >= 0.3 is 0 Å². The highest BCUT2D eigenvalue weighted by Crippen LogP contribution is 2.16. The standard InChI is InChI=1S/C13H18BrFN2O/c1-3-17(4-2)13(18)9-16-8-10-5-6-11(14)12(15)7-10/h5-7,16H,3-4,8-9H2,1-2H3. The van der Waals surface area contributed by atoms with Crippen LogP contribution in [0.15, 0.2) is 22.7 Å². The highest BCUT2D eigenvalue weighted by molar-refractivity contribution is 9.10. The number of benzene rings is 1. The van der Waals surface area contributed by atoms with Gasteiger partial charge in [-0.1, -0.05) is 6.07 Å². The number of rotatable bonds is 6. The maximum Gasteiger partial charge on any atom is 0.236 e. The van der Waals surface area contributed by atoms with Gasteiger partial charge in [0.2, 0.25) is 5.91 Å². The molecule has 0 aliphatic heterocycles. The minimum Gasteiger partial charge on any atom is -0.342 e. The third kappa shape index (κ3) is 4.38. The summed E-state index contributed by atoms with van der Waals surface area (Å²) < 4.78 is 13.7. The van der Waals surface area contributed by atoms with Crippen LogP contribution in [0.5, 0.6) is 0 Å². The largest absolute Gasteiger partial charge is 0.342 e. The molecule has 0 unspecified atom stereocenters. The summed E-state index contributed by atoms with van der Waals surface area (Å²) in [5, 5.41) is 3.02. The summed E-state index contributed by atoms with van der Waals surface area (Å²) in [6.45, 7) is 6.08. The van der Waals surface area contributed by atoms with Gasteiger partial charge < -0.3 is 10.2 Å². The molecule has 0 heterocycles. The summed E-state index contributed by atoms with van der Waals surface area (Å²) in [5.74, 6) is -0.220. The second-order valence-electron chi connectivity index (χ2n) is 3.92. The first-order valence-corrected chi connectivity index (χ1v) is 6.80. The van der Waals surface area contributed by atoms with E-state index in [2.05, 4.69) is 21.2 Å². The molecule has 0 aliphatic rings. The van der Waals surface area contributed by atoms with E-state index in [4.69, 9.17) is 0 Å². The van der Waals surface area contributed by atoms with Gasteiger partial charge in [-0.25, -0.2) is 4.39 Å². The zero-order valence-corrected chi connectivity index (χ0v) is 12.3. The Balaban J connectivity index is 2.41. The van der Waals surface area contributed by atoms with E-state index < -0.39 is 0 Å². The van der Waals surface area contributed by atoms with E-state index in [1.165, 1.54) is 6.07 Å². The molecule has 0 aromatic heterocycles. The Hall–Kier alpha value is -0.940. The number of likely N-dealkylation sites (N-methyl/N-ethyl adjacent to an activating group) is 1. The molecule has 18 heavy (non-hydrogen) atoms. The number of hydrogen-bond acceptors (Lipinski definition) is 2. The van der Waals surface area contributed by atoms with E-state index in [0.717, 1.165) is 5.56 Å². The van der Waals surface area contributed by atoms with Gasteiger partial charge in [0, 0.05) is 19.6 Å². The Kier molecular flexibility index (Phi) is 6.29. The molecule has 0 saturated heterocycles. The highest BCUT2D eigenvalue weighted by atomic mass is 79.9. The van der Waals surface area contributed by atoms with Crippen molar-refractivity contribution in [2.45, 2.75) is 20.4 Å². The van der Waals surface area contributed by atoms with Gasteiger partial charge in [-0.2, -0.15) is 0 Å². The molecular formula is C13H18BrFN2O. The van der Waals surface area contributed by atoms with Gasteiger partial charge in [0.1, 0.15) is 5.82 Å². The topological polar surface area (TPSA) is 32.3 Å². The Morgan fingerprint density at radius 2 is 2.06 bits per heavy atom. The van der Waals surface area contributed by atoms with Crippen LogP contribution in [0.4, 0.5) is 4.39 Å². The molecule has 3 nitrogen and oxygen atoms in total. The number of nitrogens with zero attached hydrogens (tertiary/aromatic N) is 1. The smallest absolute Gasteiger partial charge is 0.236 e. The quantitative estimate of drug-likeness (QED) is 0.874. The van der Waals surface area contributed by atoms with Crippen molar-refractivity contribution in [3.05, 3.63) is 34.1 Å².